The Labute approximate surface area is 127 Å². The van der Waals surface area contributed by atoms with Gasteiger partial charge in [-0.2, -0.15) is 0 Å². The van der Waals surface area contributed by atoms with Crippen molar-refractivity contribution >= 4 is 22.5 Å². The molecule has 6 nitrogen and oxygen atoms in total. The van der Waals surface area contributed by atoms with Crippen LogP contribution in [0.3, 0.4) is 0 Å². The summed E-state index contributed by atoms with van der Waals surface area (Å²) in [6.07, 6.45) is 1.67. The fraction of sp³-hybridized carbons (Fsp3) is 0.188. The van der Waals surface area contributed by atoms with Gasteiger partial charge in [0.1, 0.15) is 5.75 Å². The maximum absolute atomic E-state index is 11.5. The Morgan fingerprint density at radius 1 is 1.36 bits per heavy atom. The standard InChI is InChI=1S/C16H16N4O2/c1-2-22-11-4-3-9-5-10(7-19-13(9)6-11)15-14(16(18)21)12(17)8-20-15/h3-7H,2,8,17H2,1H3,(H2,18,21). The molecule has 1 aliphatic rings. The highest BCUT2D eigenvalue weighted by atomic mass is 16.5. The molecular weight excluding hydrogens is 280 g/mol. The molecule has 112 valence electrons. The number of carbonyl (C=O) groups excluding carboxylic acids is 1. The predicted octanol–water partition coefficient (Wildman–Crippen LogP) is 1.13. The van der Waals surface area contributed by atoms with Gasteiger partial charge in [0, 0.05) is 28.9 Å². The summed E-state index contributed by atoms with van der Waals surface area (Å²) >= 11 is 0. The van der Waals surface area contributed by atoms with E-state index in [9.17, 15) is 4.79 Å². The van der Waals surface area contributed by atoms with E-state index in [1.54, 1.807) is 6.20 Å². The number of aliphatic imine (C=N–C) groups is 1. The lowest BCUT2D eigenvalue weighted by molar-refractivity contribution is -0.114. The lowest BCUT2D eigenvalue weighted by atomic mass is 10.0. The summed E-state index contributed by atoms with van der Waals surface area (Å²) in [5.41, 5.74) is 13.9. The minimum atomic E-state index is -0.569. The van der Waals surface area contributed by atoms with E-state index in [0.717, 1.165) is 22.2 Å². The van der Waals surface area contributed by atoms with Gasteiger partial charge in [0.05, 0.1) is 30.0 Å². The topological polar surface area (TPSA) is 104 Å². The molecule has 0 bridgehead atoms. The van der Waals surface area contributed by atoms with Crippen molar-refractivity contribution < 1.29 is 9.53 Å². The van der Waals surface area contributed by atoms with Crippen molar-refractivity contribution in [3.63, 3.8) is 0 Å². The molecule has 0 aliphatic carbocycles. The Morgan fingerprint density at radius 2 is 2.18 bits per heavy atom. The van der Waals surface area contributed by atoms with Gasteiger partial charge in [0.25, 0.3) is 5.91 Å². The van der Waals surface area contributed by atoms with E-state index in [1.807, 2.05) is 31.2 Å². The Balaban J connectivity index is 2.03. The van der Waals surface area contributed by atoms with Crippen LogP contribution in [-0.2, 0) is 4.79 Å². The molecular formula is C16H16N4O2. The minimum absolute atomic E-state index is 0.284. The molecule has 4 N–H and O–H groups in total. The number of carbonyl (C=O) groups is 1. The third-order valence-electron chi connectivity index (χ3n) is 3.45. The number of ether oxygens (including phenoxy) is 1. The van der Waals surface area contributed by atoms with Gasteiger partial charge < -0.3 is 16.2 Å². The highest BCUT2D eigenvalue weighted by Crippen LogP contribution is 2.23. The summed E-state index contributed by atoms with van der Waals surface area (Å²) < 4.78 is 5.46. The third-order valence-corrected chi connectivity index (χ3v) is 3.45. The summed E-state index contributed by atoms with van der Waals surface area (Å²) in [5, 5.41) is 0.929. The first-order valence-electron chi connectivity index (χ1n) is 6.96. The van der Waals surface area contributed by atoms with Gasteiger partial charge in [-0.25, -0.2) is 0 Å². The number of hydrogen-bond donors (Lipinski definition) is 2. The van der Waals surface area contributed by atoms with Crippen LogP contribution in [-0.4, -0.2) is 29.8 Å². The molecule has 1 amide bonds. The number of nitrogens with two attached hydrogens (primary N) is 2. The second kappa shape index (κ2) is 5.48. The molecule has 0 unspecified atom stereocenters. The van der Waals surface area contributed by atoms with Crippen LogP contribution in [0.1, 0.15) is 12.5 Å². The third kappa shape index (κ3) is 2.39. The fourth-order valence-electron chi connectivity index (χ4n) is 2.47. The first-order valence-corrected chi connectivity index (χ1v) is 6.96. The van der Waals surface area contributed by atoms with E-state index < -0.39 is 5.91 Å². The zero-order valence-electron chi connectivity index (χ0n) is 12.2. The largest absolute Gasteiger partial charge is 0.494 e. The number of rotatable bonds is 4. The normalized spacial score (nSPS) is 14.3. The average molecular weight is 296 g/mol. The minimum Gasteiger partial charge on any atom is -0.494 e. The van der Waals surface area contributed by atoms with Gasteiger partial charge in [-0.1, -0.05) is 0 Å². The first-order chi connectivity index (χ1) is 10.6. The zero-order valence-corrected chi connectivity index (χ0v) is 12.2. The molecule has 2 aromatic rings. The second-order valence-corrected chi connectivity index (χ2v) is 4.94. The number of aromatic nitrogens is 1. The maximum Gasteiger partial charge on any atom is 0.252 e. The molecule has 2 heterocycles. The van der Waals surface area contributed by atoms with Gasteiger partial charge in [-0.3, -0.25) is 14.8 Å². The fourth-order valence-corrected chi connectivity index (χ4v) is 2.47. The van der Waals surface area contributed by atoms with Crippen LogP contribution in [0, 0.1) is 0 Å². The number of fused-ring (bicyclic) bond motifs is 1. The number of benzene rings is 1. The SMILES string of the molecule is CCOc1ccc2cc(C3=NCC(N)=C3C(N)=O)cnc2c1. The zero-order chi connectivity index (χ0) is 15.7. The van der Waals surface area contributed by atoms with Gasteiger partial charge in [0.15, 0.2) is 0 Å². The molecule has 0 fully saturated rings. The number of hydrogen-bond acceptors (Lipinski definition) is 5. The van der Waals surface area contributed by atoms with Crippen LogP contribution in [0.15, 0.2) is 46.7 Å². The lowest BCUT2D eigenvalue weighted by Gasteiger charge is -2.07. The molecule has 0 spiro atoms. The summed E-state index contributed by atoms with van der Waals surface area (Å²) in [6, 6.07) is 7.59. The molecule has 0 saturated carbocycles. The first kappa shape index (κ1) is 14.1. The number of nitrogens with zero attached hydrogens (tertiary/aromatic N) is 2. The van der Waals surface area contributed by atoms with Crippen molar-refractivity contribution in [1.82, 2.24) is 4.98 Å². The van der Waals surface area contributed by atoms with E-state index in [4.69, 9.17) is 16.2 Å². The van der Waals surface area contributed by atoms with Crippen LogP contribution in [0.5, 0.6) is 5.75 Å². The summed E-state index contributed by atoms with van der Waals surface area (Å²) in [7, 11) is 0. The summed E-state index contributed by atoms with van der Waals surface area (Å²) in [5.74, 6) is 0.205. The Kier molecular flexibility index (Phi) is 3.50. The van der Waals surface area contributed by atoms with Gasteiger partial charge >= 0.3 is 0 Å². The van der Waals surface area contributed by atoms with Crippen LogP contribution in [0.2, 0.25) is 0 Å². The van der Waals surface area contributed by atoms with Gasteiger partial charge in [-0.15, -0.1) is 0 Å². The van der Waals surface area contributed by atoms with Crippen molar-refractivity contribution in [3.05, 3.63) is 47.3 Å². The van der Waals surface area contributed by atoms with Gasteiger partial charge in [0.2, 0.25) is 0 Å². The highest BCUT2D eigenvalue weighted by Gasteiger charge is 2.24. The molecule has 1 aromatic heterocycles. The van der Waals surface area contributed by atoms with E-state index >= 15 is 0 Å². The van der Waals surface area contributed by atoms with Crippen LogP contribution < -0.4 is 16.2 Å². The van der Waals surface area contributed by atoms with Crippen molar-refractivity contribution in [2.24, 2.45) is 16.5 Å². The molecule has 0 radical (unpaired) electrons. The Bertz CT molecular complexity index is 824. The van der Waals surface area contributed by atoms with Crippen molar-refractivity contribution in [1.29, 1.82) is 0 Å². The number of pyridine rings is 1. The van der Waals surface area contributed by atoms with Crippen molar-refractivity contribution in [2.75, 3.05) is 13.2 Å². The van der Waals surface area contributed by atoms with E-state index in [1.165, 1.54) is 0 Å². The number of amides is 1. The summed E-state index contributed by atoms with van der Waals surface area (Å²) in [6.45, 7) is 2.82. The molecule has 1 aliphatic heterocycles. The van der Waals surface area contributed by atoms with E-state index in [2.05, 4.69) is 9.98 Å². The molecule has 0 atom stereocenters. The molecule has 22 heavy (non-hydrogen) atoms. The monoisotopic (exact) mass is 296 g/mol. The lowest BCUT2D eigenvalue weighted by Crippen LogP contribution is -2.23. The quantitative estimate of drug-likeness (QED) is 0.882. The van der Waals surface area contributed by atoms with Gasteiger partial charge in [-0.05, 0) is 25.1 Å². The molecule has 0 saturated heterocycles. The van der Waals surface area contributed by atoms with E-state index in [-0.39, 0.29) is 12.1 Å². The molecule has 1 aromatic carbocycles. The predicted molar refractivity (Wildman–Crippen MR) is 84.7 cm³/mol. The Morgan fingerprint density at radius 3 is 2.91 bits per heavy atom. The summed E-state index contributed by atoms with van der Waals surface area (Å²) in [4.78, 5) is 20.2. The number of primary amides is 1. The maximum atomic E-state index is 11.5. The Hall–Kier alpha value is -2.89. The molecule has 6 heteroatoms. The average Bonchev–Trinajstić information content (AvgIpc) is 2.89. The van der Waals surface area contributed by atoms with E-state index in [0.29, 0.717) is 18.0 Å². The van der Waals surface area contributed by atoms with Crippen molar-refractivity contribution in [2.45, 2.75) is 6.92 Å². The smallest absolute Gasteiger partial charge is 0.252 e. The van der Waals surface area contributed by atoms with Crippen LogP contribution in [0.4, 0.5) is 0 Å². The van der Waals surface area contributed by atoms with Crippen molar-refractivity contribution in [3.8, 4) is 5.75 Å². The van der Waals surface area contributed by atoms with Crippen LogP contribution >= 0.6 is 0 Å². The van der Waals surface area contributed by atoms with Crippen LogP contribution in [0.25, 0.3) is 10.9 Å². The molecule has 3 rings (SSSR count). The highest BCUT2D eigenvalue weighted by molar-refractivity contribution is 6.29. The second-order valence-electron chi connectivity index (χ2n) is 4.94.